The van der Waals surface area contributed by atoms with Gasteiger partial charge in [-0.15, -0.1) is 0 Å². The minimum Gasteiger partial charge on any atom is -0.452 e. The second-order valence-electron chi connectivity index (χ2n) is 14.8. The molecule has 0 saturated heterocycles. The fourth-order valence-electron chi connectivity index (χ4n) is 9.62. The molecule has 0 fully saturated rings. The van der Waals surface area contributed by atoms with Crippen LogP contribution >= 0.6 is 0 Å². The number of hydrogen-bond donors (Lipinski definition) is 0. The zero-order valence-electron chi connectivity index (χ0n) is 30.5. The molecule has 0 aliphatic heterocycles. The maximum atomic E-state index is 6.58. The first-order valence-electron chi connectivity index (χ1n) is 19.4. The zero-order chi connectivity index (χ0) is 37.2. The minimum atomic E-state index is 0.592. The summed E-state index contributed by atoms with van der Waals surface area (Å²) < 4.78 is 11.4. The molecule has 0 aliphatic rings. The average molecular weight is 727 g/mol. The second-order valence-corrected chi connectivity index (χ2v) is 14.8. The van der Waals surface area contributed by atoms with Crippen LogP contribution in [0.4, 0.5) is 0 Å². The summed E-state index contributed by atoms with van der Waals surface area (Å²) in [6, 6.07) is 64.7. The Kier molecular flexibility index (Phi) is 6.10. The molecule has 0 atom stereocenters. The molecular weight excluding hydrogens is 697 g/mol. The van der Waals surface area contributed by atoms with Crippen molar-refractivity contribution in [1.82, 2.24) is 19.1 Å². The Morgan fingerprint density at radius 1 is 0.368 bits per heavy atom. The van der Waals surface area contributed by atoms with Crippen molar-refractivity contribution < 1.29 is 4.42 Å². The van der Waals surface area contributed by atoms with Crippen LogP contribution in [0.1, 0.15) is 0 Å². The second kappa shape index (κ2) is 11.4. The van der Waals surface area contributed by atoms with E-state index >= 15 is 0 Å². The smallest absolute Gasteiger partial charge is 0.236 e. The molecule has 4 heterocycles. The van der Waals surface area contributed by atoms with Gasteiger partial charge in [-0.3, -0.25) is 4.57 Å². The van der Waals surface area contributed by atoms with E-state index in [0.29, 0.717) is 11.5 Å². The summed E-state index contributed by atoms with van der Waals surface area (Å²) in [6.07, 6.45) is 0. The van der Waals surface area contributed by atoms with Crippen molar-refractivity contribution in [2.75, 3.05) is 0 Å². The third-order valence-corrected chi connectivity index (χ3v) is 11.9. The van der Waals surface area contributed by atoms with Crippen LogP contribution in [0, 0.1) is 0 Å². The number of aromatic nitrogens is 4. The molecule has 264 valence electrons. The Hall–Kier alpha value is -7.76. The third kappa shape index (κ3) is 4.07. The minimum absolute atomic E-state index is 0.592. The Morgan fingerprint density at radius 2 is 0.842 bits per heavy atom. The lowest BCUT2D eigenvalue weighted by Crippen LogP contribution is -2.04. The van der Waals surface area contributed by atoms with E-state index in [1.807, 2.05) is 24.3 Å². The van der Waals surface area contributed by atoms with Crippen LogP contribution in [0.5, 0.6) is 0 Å². The van der Waals surface area contributed by atoms with Gasteiger partial charge < -0.3 is 8.98 Å². The van der Waals surface area contributed by atoms with Gasteiger partial charge in [0.2, 0.25) is 5.95 Å². The van der Waals surface area contributed by atoms with E-state index in [-0.39, 0.29) is 0 Å². The highest BCUT2D eigenvalue weighted by Crippen LogP contribution is 2.51. The van der Waals surface area contributed by atoms with Crippen molar-refractivity contribution in [1.29, 1.82) is 0 Å². The number of nitrogens with zero attached hydrogens (tertiary/aromatic N) is 4. The van der Waals surface area contributed by atoms with Crippen LogP contribution in [0.15, 0.2) is 186 Å². The summed E-state index contributed by atoms with van der Waals surface area (Å²) in [5, 5.41) is 13.1. The van der Waals surface area contributed by atoms with Gasteiger partial charge >= 0.3 is 0 Å². The summed E-state index contributed by atoms with van der Waals surface area (Å²) in [4.78, 5) is 11.0. The largest absolute Gasteiger partial charge is 0.452 e. The molecule has 13 rings (SSSR count). The molecular formula is C52H30N4O. The first-order chi connectivity index (χ1) is 28.3. The van der Waals surface area contributed by atoms with Gasteiger partial charge in [-0.2, -0.15) is 0 Å². The van der Waals surface area contributed by atoms with Crippen LogP contribution in [0.2, 0.25) is 0 Å². The molecule has 0 aliphatic carbocycles. The molecule has 9 aromatic carbocycles. The van der Waals surface area contributed by atoms with Gasteiger partial charge in [0.1, 0.15) is 16.8 Å². The summed E-state index contributed by atoms with van der Waals surface area (Å²) >= 11 is 0. The van der Waals surface area contributed by atoms with Gasteiger partial charge in [-0.1, -0.05) is 146 Å². The normalized spacial score (nSPS) is 12.2. The van der Waals surface area contributed by atoms with Crippen molar-refractivity contribution in [2.24, 2.45) is 0 Å². The number of rotatable bonds is 3. The molecule has 5 heteroatoms. The predicted molar refractivity (Wildman–Crippen MR) is 236 cm³/mol. The van der Waals surface area contributed by atoms with E-state index in [4.69, 9.17) is 14.4 Å². The van der Waals surface area contributed by atoms with E-state index < -0.39 is 0 Å². The number of fused-ring (bicyclic) bond motifs is 18. The van der Waals surface area contributed by atoms with Crippen molar-refractivity contribution in [3.8, 4) is 22.9 Å². The Balaban J connectivity index is 1.36. The monoisotopic (exact) mass is 726 g/mol. The molecule has 13 aromatic rings. The highest BCUT2D eigenvalue weighted by molar-refractivity contribution is 6.45. The van der Waals surface area contributed by atoms with Crippen molar-refractivity contribution in [2.45, 2.75) is 0 Å². The van der Waals surface area contributed by atoms with Crippen LogP contribution in [-0.2, 0) is 0 Å². The maximum Gasteiger partial charge on any atom is 0.236 e. The third-order valence-electron chi connectivity index (χ3n) is 11.9. The fraction of sp³-hybridized carbons (Fsp3) is 0. The molecule has 5 nitrogen and oxygen atoms in total. The molecule has 0 radical (unpaired) electrons. The summed E-state index contributed by atoms with van der Waals surface area (Å²) in [7, 11) is 0. The lowest BCUT2D eigenvalue weighted by atomic mass is 9.89. The van der Waals surface area contributed by atoms with E-state index in [1.165, 1.54) is 48.5 Å². The Morgan fingerprint density at radius 3 is 1.47 bits per heavy atom. The van der Waals surface area contributed by atoms with Crippen LogP contribution < -0.4 is 0 Å². The molecule has 4 aromatic heterocycles. The SMILES string of the molecule is c1ccc(-c2nc(-n3c4ccccc4c4c5c6ccccc6c6ccccc6c5c5c6ccccc6n(-c6ccccc6)c5c43)nc3c2oc2ccccc23)cc1. The highest BCUT2D eigenvalue weighted by Gasteiger charge is 2.28. The molecule has 0 bridgehead atoms. The average Bonchev–Trinajstić information content (AvgIpc) is 3.95. The van der Waals surface area contributed by atoms with Crippen LogP contribution in [0.25, 0.3) is 121 Å². The fourth-order valence-corrected chi connectivity index (χ4v) is 9.62. The quantitative estimate of drug-likeness (QED) is 0.170. The van der Waals surface area contributed by atoms with E-state index in [1.54, 1.807) is 0 Å². The maximum absolute atomic E-state index is 6.58. The summed E-state index contributed by atoms with van der Waals surface area (Å²) in [5.41, 5.74) is 9.43. The lowest BCUT2D eigenvalue weighted by molar-refractivity contribution is 0.666. The Labute approximate surface area is 325 Å². The number of furan rings is 1. The van der Waals surface area contributed by atoms with Gasteiger partial charge in [0.15, 0.2) is 5.58 Å². The standard InChI is InChI=1S/C52H30N4O/c1-3-17-31(18-4-1)47-51-48(39-27-13-16-30-42(39)57-51)54-52(53-47)56-41-29-15-12-26-38(41)46-44-36-24-10-8-22-34(36)33-21-7-9-23-35(33)43(44)45-37-25-11-14-28-40(37)55(49(45)50(46)56)32-19-5-2-6-20-32/h1-30H. The molecule has 0 N–H and O–H groups in total. The highest BCUT2D eigenvalue weighted by atomic mass is 16.3. The van der Waals surface area contributed by atoms with Crippen molar-refractivity contribution >= 4 is 98.0 Å². The van der Waals surface area contributed by atoms with Crippen LogP contribution in [0.3, 0.4) is 0 Å². The zero-order valence-corrected chi connectivity index (χ0v) is 30.5. The molecule has 0 saturated carbocycles. The summed E-state index contributed by atoms with van der Waals surface area (Å²) in [5.74, 6) is 0.592. The number of para-hydroxylation sites is 4. The molecule has 0 unspecified atom stereocenters. The topological polar surface area (TPSA) is 48.8 Å². The van der Waals surface area contributed by atoms with Gasteiger partial charge in [-0.25, -0.2) is 9.97 Å². The van der Waals surface area contributed by atoms with E-state index in [9.17, 15) is 0 Å². The van der Waals surface area contributed by atoms with Gasteiger partial charge in [0.25, 0.3) is 0 Å². The molecule has 0 amide bonds. The summed E-state index contributed by atoms with van der Waals surface area (Å²) in [6.45, 7) is 0. The number of benzene rings is 9. The van der Waals surface area contributed by atoms with Gasteiger partial charge in [-0.05, 0) is 57.9 Å². The Bertz CT molecular complexity index is 3800. The van der Waals surface area contributed by atoms with E-state index in [0.717, 1.165) is 60.9 Å². The van der Waals surface area contributed by atoms with Crippen molar-refractivity contribution in [3.05, 3.63) is 182 Å². The van der Waals surface area contributed by atoms with E-state index in [2.05, 4.69) is 167 Å². The lowest BCUT2D eigenvalue weighted by Gasteiger charge is -2.16. The van der Waals surface area contributed by atoms with Crippen molar-refractivity contribution in [3.63, 3.8) is 0 Å². The van der Waals surface area contributed by atoms with Gasteiger partial charge in [0, 0.05) is 49.0 Å². The molecule has 0 spiro atoms. The van der Waals surface area contributed by atoms with Gasteiger partial charge in [0.05, 0.1) is 22.1 Å². The first kappa shape index (κ1) is 30.6. The number of hydrogen-bond acceptors (Lipinski definition) is 3. The predicted octanol–water partition coefficient (Wildman–Crippen LogP) is 13.7. The first-order valence-corrected chi connectivity index (χ1v) is 19.4. The van der Waals surface area contributed by atoms with Crippen LogP contribution in [-0.4, -0.2) is 19.1 Å². The molecule has 57 heavy (non-hydrogen) atoms.